The lowest BCUT2D eigenvalue weighted by molar-refractivity contribution is -0.151. The molecule has 0 saturated carbocycles. The maximum atomic E-state index is 11.9. The second kappa shape index (κ2) is 5.21. The minimum atomic E-state index is -0.734. The third kappa shape index (κ3) is 2.23. The third-order valence-electron chi connectivity index (χ3n) is 3.28. The van der Waals surface area contributed by atoms with Crippen LogP contribution in [-0.4, -0.2) is 24.5 Å². The summed E-state index contributed by atoms with van der Waals surface area (Å²) in [6.07, 6.45) is 0. The van der Waals surface area contributed by atoms with Crippen LogP contribution in [0.1, 0.15) is 25.3 Å². The Kier molecular flexibility index (Phi) is 3.65. The lowest BCUT2D eigenvalue weighted by Gasteiger charge is -2.19. The average molecular weight is 247 g/mol. The van der Waals surface area contributed by atoms with Crippen LogP contribution in [0.3, 0.4) is 0 Å². The molecule has 1 aromatic carbocycles. The Morgan fingerprint density at radius 3 is 2.61 bits per heavy atom. The number of nitrogens with one attached hydrogen (secondary N) is 1. The molecule has 1 aliphatic rings. The Hall–Kier alpha value is -1.84. The maximum Gasteiger partial charge on any atom is 0.319 e. The molecule has 1 amide bonds. The van der Waals surface area contributed by atoms with Gasteiger partial charge in [0.25, 0.3) is 0 Å². The summed E-state index contributed by atoms with van der Waals surface area (Å²) in [6, 6.07) is 9.55. The first kappa shape index (κ1) is 12.6. The van der Waals surface area contributed by atoms with E-state index in [0.29, 0.717) is 6.61 Å². The molecule has 0 radical (unpaired) electrons. The monoisotopic (exact) mass is 247 g/mol. The van der Waals surface area contributed by atoms with Gasteiger partial charge in [-0.25, -0.2) is 0 Å². The summed E-state index contributed by atoms with van der Waals surface area (Å²) in [7, 11) is 0. The number of rotatable bonds is 3. The molecular formula is C14H17NO3. The molecule has 4 heteroatoms. The van der Waals surface area contributed by atoms with E-state index in [-0.39, 0.29) is 17.9 Å². The van der Waals surface area contributed by atoms with Gasteiger partial charge < -0.3 is 10.1 Å². The van der Waals surface area contributed by atoms with Gasteiger partial charge >= 0.3 is 5.97 Å². The van der Waals surface area contributed by atoms with Gasteiger partial charge in [-0.1, -0.05) is 30.3 Å². The molecule has 4 nitrogen and oxygen atoms in total. The molecule has 0 aromatic heterocycles. The number of esters is 1. The highest BCUT2D eigenvalue weighted by molar-refractivity contribution is 6.01. The van der Waals surface area contributed by atoms with Gasteiger partial charge in [-0.3, -0.25) is 9.59 Å². The van der Waals surface area contributed by atoms with Crippen LogP contribution >= 0.6 is 0 Å². The first-order valence-corrected chi connectivity index (χ1v) is 6.17. The van der Waals surface area contributed by atoms with Crippen LogP contribution in [0.5, 0.6) is 0 Å². The molecule has 96 valence electrons. The number of benzene rings is 1. The number of hydrogen-bond acceptors (Lipinski definition) is 3. The molecule has 2 rings (SSSR count). The Balaban J connectivity index is 2.31. The molecule has 1 fully saturated rings. The van der Waals surface area contributed by atoms with E-state index in [2.05, 4.69) is 5.32 Å². The van der Waals surface area contributed by atoms with E-state index in [1.165, 1.54) is 0 Å². The fraction of sp³-hybridized carbons (Fsp3) is 0.429. The lowest BCUT2D eigenvalue weighted by atomic mass is 9.84. The molecule has 1 N–H and O–H groups in total. The Morgan fingerprint density at radius 1 is 1.33 bits per heavy atom. The van der Waals surface area contributed by atoms with E-state index in [0.717, 1.165) is 5.56 Å². The van der Waals surface area contributed by atoms with Gasteiger partial charge in [-0.2, -0.15) is 0 Å². The van der Waals surface area contributed by atoms with E-state index >= 15 is 0 Å². The largest absolute Gasteiger partial charge is 0.465 e. The van der Waals surface area contributed by atoms with Gasteiger partial charge in [0.05, 0.1) is 6.61 Å². The van der Waals surface area contributed by atoms with Crippen molar-refractivity contribution >= 4 is 11.9 Å². The highest BCUT2D eigenvalue weighted by atomic mass is 16.5. The summed E-state index contributed by atoms with van der Waals surface area (Å²) in [5, 5.41) is 2.81. The summed E-state index contributed by atoms with van der Waals surface area (Å²) >= 11 is 0. The Bertz CT molecular complexity index is 444. The van der Waals surface area contributed by atoms with Crippen molar-refractivity contribution in [1.82, 2.24) is 5.32 Å². The second-order valence-corrected chi connectivity index (χ2v) is 4.46. The van der Waals surface area contributed by atoms with Crippen molar-refractivity contribution in [3.63, 3.8) is 0 Å². The summed E-state index contributed by atoms with van der Waals surface area (Å²) < 4.78 is 5.00. The van der Waals surface area contributed by atoms with Crippen molar-refractivity contribution in [3.8, 4) is 0 Å². The zero-order chi connectivity index (χ0) is 13.1. The number of hydrogen-bond donors (Lipinski definition) is 1. The van der Waals surface area contributed by atoms with Crippen LogP contribution in [0.25, 0.3) is 0 Å². The molecule has 1 aromatic rings. The van der Waals surface area contributed by atoms with Gasteiger partial charge in [0.15, 0.2) is 0 Å². The van der Waals surface area contributed by atoms with Gasteiger partial charge in [0, 0.05) is 12.0 Å². The predicted octanol–water partition coefficient (Wildman–Crippen LogP) is 1.47. The van der Waals surface area contributed by atoms with E-state index in [1.807, 2.05) is 37.3 Å². The summed E-state index contributed by atoms with van der Waals surface area (Å²) in [5.74, 6) is -1.57. The van der Waals surface area contributed by atoms with Gasteiger partial charge in [0.1, 0.15) is 5.92 Å². The highest BCUT2D eigenvalue weighted by Crippen LogP contribution is 2.34. The molecular weight excluding hydrogens is 230 g/mol. The average Bonchev–Trinajstić information content (AvgIpc) is 2.65. The lowest BCUT2D eigenvalue weighted by Crippen LogP contribution is -2.28. The van der Waals surface area contributed by atoms with Crippen molar-refractivity contribution < 1.29 is 14.3 Å². The molecule has 3 atom stereocenters. The molecule has 1 heterocycles. The number of amides is 1. The summed E-state index contributed by atoms with van der Waals surface area (Å²) in [6.45, 7) is 3.94. The minimum absolute atomic E-state index is 0.0608. The van der Waals surface area contributed by atoms with Crippen molar-refractivity contribution in [2.45, 2.75) is 25.8 Å². The van der Waals surface area contributed by atoms with Crippen molar-refractivity contribution in [3.05, 3.63) is 35.9 Å². The molecule has 0 bridgehead atoms. The topological polar surface area (TPSA) is 55.4 Å². The smallest absolute Gasteiger partial charge is 0.319 e. The molecule has 0 spiro atoms. The quantitative estimate of drug-likeness (QED) is 0.650. The number of carbonyl (C=O) groups is 2. The van der Waals surface area contributed by atoms with E-state index in [1.54, 1.807) is 6.92 Å². The Labute approximate surface area is 106 Å². The number of carbonyl (C=O) groups excluding carboxylic acids is 2. The molecule has 0 aliphatic carbocycles. The van der Waals surface area contributed by atoms with Crippen molar-refractivity contribution in [2.75, 3.05) is 6.61 Å². The minimum Gasteiger partial charge on any atom is -0.465 e. The zero-order valence-corrected chi connectivity index (χ0v) is 10.6. The SMILES string of the molecule is CCOC(=O)[C@@H]1C(=O)N[C@H](C)[C@@H]1c1ccccc1. The van der Waals surface area contributed by atoms with Crippen LogP contribution < -0.4 is 5.32 Å². The summed E-state index contributed by atoms with van der Waals surface area (Å²) in [4.78, 5) is 23.8. The van der Waals surface area contributed by atoms with E-state index < -0.39 is 11.9 Å². The fourth-order valence-electron chi connectivity index (χ4n) is 2.50. The molecule has 1 aliphatic heterocycles. The normalized spacial score (nSPS) is 26.8. The fourth-order valence-corrected chi connectivity index (χ4v) is 2.50. The van der Waals surface area contributed by atoms with Crippen LogP contribution in [0.15, 0.2) is 30.3 Å². The first-order chi connectivity index (χ1) is 8.65. The van der Waals surface area contributed by atoms with Crippen LogP contribution in [0.4, 0.5) is 0 Å². The molecule has 18 heavy (non-hydrogen) atoms. The molecule has 1 saturated heterocycles. The maximum absolute atomic E-state index is 11.9. The van der Waals surface area contributed by atoms with Crippen molar-refractivity contribution in [1.29, 1.82) is 0 Å². The number of ether oxygens (including phenoxy) is 1. The van der Waals surface area contributed by atoms with Crippen LogP contribution in [0, 0.1) is 5.92 Å². The van der Waals surface area contributed by atoms with Gasteiger partial charge in [0.2, 0.25) is 5.91 Å². The molecule has 0 unspecified atom stereocenters. The Morgan fingerprint density at radius 2 is 2.00 bits per heavy atom. The highest BCUT2D eigenvalue weighted by Gasteiger charge is 2.46. The third-order valence-corrected chi connectivity index (χ3v) is 3.28. The summed E-state index contributed by atoms with van der Waals surface area (Å²) in [5.41, 5.74) is 0.987. The van der Waals surface area contributed by atoms with Crippen LogP contribution in [-0.2, 0) is 14.3 Å². The first-order valence-electron chi connectivity index (χ1n) is 6.17. The van der Waals surface area contributed by atoms with Crippen molar-refractivity contribution in [2.24, 2.45) is 5.92 Å². The van der Waals surface area contributed by atoms with Crippen LogP contribution in [0.2, 0.25) is 0 Å². The second-order valence-electron chi connectivity index (χ2n) is 4.46. The van der Waals surface area contributed by atoms with E-state index in [9.17, 15) is 9.59 Å². The van der Waals surface area contributed by atoms with Gasteiger partial charge in [-0.05, 0) is 19.4 Å². The van der Waals surface area contributed by atoms with E-state index in [4.69, 9.17) is 4.74 Å². The zero-order valence-electron chi connectivity index (χ0n) is 10.6. The predicted molar refractivity (Wildman–Crippen MR) is 66.9 cm³/mol. The standard InChI is InChI=1S/C14H17NO3/c1-3-18-14(17)12-11(9(2)15-13(12)16)10-7-5-4-6-8-10/h4-9,11-12H,3H2,1-2H3,(H,15,16)/t9-,11-,12+/m1/s1. The van der Waals surface area contributed by atoms with Gasteiger partial charge in [-0.15, -0.1) is 0 Å².